The number of rotatable bonds is 4. The summed E-state index contributed by atoms with van der Waals surface area (Å²) in [5.41, 5.74) is 5.80. The Morgan fingerprint density at radius 3 is 2.48 bits per heavy atom. The Kier molecular flexibility index (Phi) is 5.23. The van der Waals surface area contributed by atoms with E-state index in [4.69, 9.17) is 10.5 Å². The second-order valence-corrected chi connectivity index (χ2v) is 6.04. The average Bonchev–Trinajstić information content (AvgIpc) is 2.51. The Labute approximate surface area is 127 Å². The van der Waals surface area contributed by atoms with E-state index in [1.165, 1.54) is 0 Å². The monoisotopic (exact) mass is 290 g/mol. The molecule has 4 heteroatoms. The number of carbonyl (C=O) groups is 1. The molecule has 2 N–H and O–H groups in total. The molecule has 2 rings (SSSR count). The Morgan fingerprint density at radius 2 is 1.95 bits per heavy atom. The van der Waals surface area contributed by atoms with Crippen LogP contribution in [0, 0.1) is 5.92 Å². The number of ether oxygens (including phenoxy) is 1. The van der Waals surface area contributed by atoms with Crippen LogP contribution in [0.3, 0.4) is 0 Å². The second-order valence-electron chi connectivity index (χ2n) is 6.04. The predicted molar refractivity (Wildman–Crippen MR) is 84.3 cm³/mol. The molecule has 0 aromatic heterocycles. The van der Waals surface area contributed by atoms with E-state index in [0.717, 1.165) is 25.7 Å². The van der Waals surface area contributed by atoms with Gasteiger partial charge in [0.25, 0.3) is 0 Å². The molecule has 4 nitrogen and oxygen atoms in total. The molecule has 116 valence electrons. The quantitative estimate of drug-likeness (QED) is 0.924. The smallest absolute Gasteiger partial charge is 0.410 e. The zero-order valence-corrected chi connectivity index (χ0v) is 13.0. The fourth-order valence-corrected chi connectivity index (χ4v) is 3.19. The molecule has 0 aliphatic heterocycles. The van der Waals surface area contributed by atoms with Crippen molar-refractivity contribution in [3.63, 3.8) is 0 Å². The first-order valence-corrected chi connectivity index (χ1v) is 7.86. The lowest BCUT2D eigenvalue weighted by Crippen LogP contribution is -2.58. The van der Waals surface area contributed by atoms with Crippen LogP contribution in [0.25, 0.3) is 0 Å². The summed E-state index contributed by atoms with van der Waals surface area (Å²) in [5, 5.41) is 0. The summed E-state index contributed by atoms with van der Waals surface area (Å²) in [6.07, 6.45) is 3.87. The molecular weight excluding hydrogens is 264 g/mol. The van der Waals surface area contributed by atoms with Gasteiger partial charge in [-0.05, 0) is 50.7 Å². The number of nitrogens with zero attached hydrogens (tertiary/aromatic N) is 1. The van der Waals surface area contributed by atoms with Crippen molar-refractivity contribution in [2.75, 3.05) is 13.1 Å². The Morgan fingerprint density at radius 1 is 1.33 bits per heavy atom. The molecular formula is C17H26N2O2. The highest BCUT2D eigenvalue weighted by molar-refractivity contribution is 5.71. The molecule has 0 bridgehead atoms. The lowest BCUT2D eigenvalue weighted by molar-refractivity contribution is 0.0529. The number of likely N-dealkylation sites (N-methyl/N-ethyl adjacent to an activating group) is 1. The fourth-order valence-electron chi connectivity index (χ4n) is 3.19. The maximum Gasteiger partial charge on any atom is 0.415 e. The van der Waals surface area contributed by atoms with E-state index in [9.17, 15) is 4.79 Å². The summed E-state index contributed by atoms with van der Waals surface area (Å²) in [7, 11) is 0. The van der Waals surface area contributed by atoms with Crippen molar-refractivity contribution in [3.8, 4) is 5.75 Å². The van der Waals surface area contributed by atoms with Crippen molar-refractivity contribution < 1.29 is 9.53 Å². The summed E-state index contributed by atoms with van der Waals surface area (Å²) < 4.78 is 5.51. The van der Waals surface area contributed by atoms with Crippen molar-refractivity contribution in [3.05, 3.63) is 30.3 Å². The summed E-state index contributed by atoms with van der Waals surface area (Å²) in [5.74, 6) is 1.30. The molecule has 0 heterocycles. The first-order valence-electron chi connectivity index (χ1n) is 7.86. The van der Waals surface area contributed by atoms with E-state index in [2.05, 4.69) is 6.92 Å². The number of benzene rings is 1. The highest BCUT2D eigenvalue weighted by Gasteiger charge is 2.41. The van der Waals surface area contributed by atoms with Crippen LogP contribution in [0.4, 0.5) is 4.79 Å². The van der Waals surface area contributed by atoms with Crippen molar-refractivity contribution >= 4 is 6.09 Å². The maximum atomic E-state index is 12.5. The number of hydrogen-bond acceptors (Lipinski definition) is 3. The third-order valence-corrected chi connectivity index (χ3v) is 4.64. The van der Waals surface area contributed by atoms with Crippen LogP contribution in [0.1, 0.15) is 39.5 Å². The van der Waals surface area contributed by atoms with Gasteiger partial charge in [-0.25, -0.2) is 4.79 Å². The molecule has 0 unspecified atom stereocenters. The molecule has 0 saturated heterocycles. The van der Waals surface area contributed by atoms with Gasteiger partial charge in [-0.15, -0.1) is 0 Å². The van der Waals surface area contributed by atoms with Crippen LogP contribution in [0.2, 0.25) is 0 Å². The van der Waals surface area contributed by atoms with Gasteiger partial charge in [-0.3, -0.25) is 0 Å². The molecule has 1 amide bonds. The van der Waals surface area contributed by atoms with Crippen molar-refractivity contribution in [2.45, 2.75) is 45.1 Å². The van der Waals surface area contributed by atoms with E-state index < -0.39 is 0 Å². The normalized spacial score (nSPS) is 25.4. The molecule has 1 saturated carbocycles. The summed E-state index contributed by atoms with van der Waals surface area (Å²) in [6, 6.07) is 9.21. The van der Waals surface area contributed by atoms with Gasteiger partial charge in [-0.1, -0.05) is 25.1 Å². The minimum atomic E-state index is -0.288. The standard InChI is InChI=1S/C17H26N2O2/c1-3-19(16(20)21-15-7-5-4-6-8-15)17(13-18)11-9-14(2)10-12-17/h4-8,14H,3,9-13,18H2,1-2H3. The zero-order valence-electron chi connectivity index (χ0n) is 13.0. The third-order valence-electron chi connectivity index (χ3n) is 4.64. The van der Waals surface area contributed by atoms with Crippen molar-refractivity contribution in [1.82, 2.24) is 4.90 Å². The minimum absolute atomic E-state index is 0.243. The van der Waals surface area contributed by atoms with Crippen LogP contribution < -0.4 is 10.5 Å². The highest BCUT2D eigenvalue weighted by Crippen LogP contribution is 2.36. The van der Waals surface area contributed by atoms with Gasteiger partial charge < -0.3 is 15.4 Å². The van der Waals surface area contributed by atoms with Gasteiger partial charge in [0, 0.05) is 13.1 Å². The molecule has 1 aromatic rings. The molecule has 1 aliphatic carbocycles. The Hall–Kier alpha value is -1.55. The molecule has 0 spiro atoms. The number of amides is 1. The second kappa shape index (κ2) is 6.94. The van der Waals surface area contributed by atoms with E-state index in [0.29, 0.717) is 24.8 Å². The average molecular weight is 290 g/mol. The van der Waals surface area contributed by atoms with Gasteiger partial charge in [0.1, 0.15) is 5.75 Å². The minimum Gasteiger partial charge on any atom is -0.410 e. The van der Waals surface area contributed by atoms with Gasteiger partial charge in [0.2, 0.25) is 0 Å². The van der Waals surface area contributed by atoms with Crippen molar-refractivity contribution in [2.24, 2.45) is 11.7 Å². The van der Waals surface area contributed by atoms with Crippen LogP contribution >= 0.6 is 0 Å². The fraction of sp³-hybridized carbons (Fsp3) is 0.588. The summed E-state index contributed by atoms with van der Waals surface area (Å²) >= 11 is 0. The third kappa shape index (κ3) is 3.56. The van der Waals surface area contributed by atoms with Gasteiger partial charge in [-0.2, -0.15) is 0 Å². The van der Waals surface area contributed by atoms with E-state index in [1.54, 1.807) is 12.1 Å². The summed E-state index contributed by atoms with van der Waals surface area (Å²) in [6.45, 7) is 5.37. The van der Waals surface area contributed by atoms with E-state index in [-0.39, 0.29) is 11.6 Å². The SMILES string of the molecule is CCN(C(=O)Oc1ccccc1)C1(CN)CCC(C)CC1. The number of hydrogen-bond donors (Lipinski definition) is 1. The maximum absolute atomic E-state index is 12.5. The molecule has 1 aromatic carbocycles. The Bertz CT molecular complexity index is 453. The largest absolute Gasteiger partial charge is 0.415 e. The number of nitrogens with two attached hydrogens (primary N) is 1. The van der Waals surface area contributed by atoms with Crippen LogP contribution in [0.15, 0.2) is 30.3 Å². The van der Waals surface area contributed by atoms with Gasteiger partial charge in [0.05, 0.1) is 5.54 Å². The number of para-hydroxylation sites is 1. The molecule has 1 fully saturated rings. The predicted octanol–water partition coefficient (Wildman–Crippen LogP) is 3.41. The Balaban J connectivity index is 2.11. The highest BCUT2D eigenvalue weighted by atomic mass is 16.6. The van der Waals surface area contributed by atoms with Gasteiger partial charge >= 0.3 is 6.09 Å². The zero-order chi connectivity index (χ0) is 15.3. The molecule has 21 heavy (non-hydrogen) atoms. The lowest BCUT2D eigenvalue weighted by atomic mass is 9.76. The number of carbonyl (C=O) groups excluding carboxylic acids is 1. The summed E-state index contributed by atoms with van der Waals surface area (Å²) in [4.78, 5) is 14.4. The molecule has 0 radical (unpaired) electrons. The topological polar surface area (TPSA) is 55.6 Å². The first kappa shape index (κ1) is 15.8. The first-order chi connectivity index (χ1) is 10.1. The van der Waals surface area contributed by atoms with Crippen LogP contribution in [0.5, 0.6) is 5.75 Å². The van der Waals surface area contributed by atoms with Crippen molar-refractivity contribution in [1.29, 1.82) is 0 Å². The van der Waals surface area contributed by atoms with E-state index >= 15 is 0 Å². The van der Waals surface area contributed by atoms with E-state index in [1.807, 2.05) is 30.0 Å². The van der Waals surface area contributed by atoms with Crippen LogP contribution in [-0.4, -0.2) is 29.6 Å². The lowest BCUT2D eigenvalue weighted by Gasteiger charge is -2.46. The van der Waals surface area contributed by atoms with Gasteiger partial charge in [0.15, 0.2) is 0 Å². The molecule has 0 atom stereocenters. The van der Waals surface area contributed by atoms with Crippen LogP contribution in [-0.2, 0) is 0 Å². The molecule has 1 aliphatic rings.